The second-order valence-electron chi connectivity index (χ2n) is 4.49. The third kappa shape index (κ3) is 3.04. The number of amides is 2. The zero-order valence-electron chi connectivity index (χ0n) is 11.7. The Bertz CT molecular complexity index is 481. The third-order valence-electron chi connectivity index (χ3n) is 3.27. The molecule has 0 N–H and O–H groups in total. The lowest BCUT2D eigenvalue weighted by molar-refractivity contribution is 0.0599. The van der Waals surface area contributed by atoms with Gasteiger partial charge in [-0.2, -0.15) is 0 Å². The van der Waals surface area contributed by atoms with Crippen LogP contribution in [-0.4, -0.2) is 65.1 Å². The first kappa shape index (κ1) is 14.2. The zero-order chi connectivity index (χ0) is 14.5. The first-order valence-corrected chi connectivity index (χ1v) is 6.58. The summed E-state index contributed by atoms with van der Waals surface area (Å²) in [5, 5.41) is 0. The molecule has 1 aromatic heterocycles. The maximum atomic E-state index is 12.3. The molecule has 1 fully saturated rings. The van der Waals surface area contributed by atoms with Crippen LogP contribution in [0.3, 0.4) is 0 Å². The van der Waals surface area contributed by atoms with E-state index < -0.39 is 0 Å². The Morgan fingerprint density at radius 3 is 2.20 bits per heavy atom. The molecule has 2 heterocycles. The highest BCUT2D eigenvalue weighted by Gasteiger charge is 2.25. The molecule has 0 aromatic carbocycles. The standard InChI is InChI=1S/C13H18N4O3/c1-3-11-14-8-10(9-15-11)12(18)16-4-6-17(7-5-16)13(19)20-2/h8-9H,3-7H2,1-2H3. The van der Waals surface area contributed by atoms with Crippen molar-refractivity contribution in [1.82, 2.24) is 19.8 Å². The number of hydrogen-bond acceptors (Lipinski definition) is 5. The number of hydrogen-bond donors (Lipinski definition) is 0. The van der Waals surface area contributed by atoms with E-state index in [2.05, 4.69) is 14.7 Å². The quantitative estimate of drug-likeness (QED) is 0.790. The van der Waals surface area contributed by atoms with Gasteiger partial charge in [0.15, 0.2) is 0 Å². The smallest absolute Gasteiger partial charge is 0.409 e. The molecule has 0 saturated carbocycles. The minimum atomic E-state index is -0.354. The van der Waals surface area contributed by atoms with Gasteiger partial charge in [0, 0.05) is 45.0 Å². The van der Waals surface area contributed by atoms with Gasteiger partial charge in [-0.3, -0.25) is 4.79 Å². The van der Waals surface area contributed by atoms with Gasteiger partial charge in [-0.25, -0.2) is 14.8 Å². The molecule has 0 radical (unpaired) electrons. The number of piperazine rings is 1. The Balaban J connectivity index is 1.95. The molecule has 1 saturated heterocycles. The number of nitrogens with zero attached hydrogens (tertiary/aromatic N) is 4. The van der Waals surface area contributed by atoms with E-state index in [-0.39, 0.29) is 12.0 Å². The monoisotopic (exact) mass is 278 g/mol. The van der Waals surface area contributed by atoms with Crippen molar-refractivity contribution in [3.8, 4) is 0 Å². The topological polar surface area (TPSA) is 75.6 Å². The van der Waals surface area contributed by atoms with E-state index in [1.54, 1.807) is 22.2 Å². The normalized spacial score (nSPS) is 15.1. The van der Waals surface area contributed by atoms with Gasteiger partial charge in [0.1, 0.15) is 5.82 Å². The molecule has 0 unspecified atom stereocenters. The molecule has 7 nitrogen and oxygen atoms in total. The van der Waals surface area contributed by atoms with Crippen molar-refractivity contribution in [2.24, 2.45) is 0 Å². The van der Waals surface area contributed by atoms with E-state index in [0.717, 1.165) is 12.2 Å². The first-order valence-electron chi connectivity index (χ1n) is 6.58. The Kier molecular flexibility index (Phi) is 4.49. The summed E-state index contributed by atoms with van der Waals surface area (Å²) in [5.74, 6) is 0.620. The summed E-state index contributed by atoms with van der Waals surface area (Å²) in [6.45, 7) is 3.90. The average Bonchev–Trinajstić information content (AvgIpc) is 2.53. The van der Waals surface area contributed by atoms with E-state index in [1.807, 2.05) is 6.92 Å². The summed E-state index contributed by atoms with van der Waals surface area (Å²) in [4.78, 5) is 35.2. The molecule has 7 heteroatoms. The van der Waals surface area contributed by atoms with Crippen LogP contribution < -0.4 is 0 Å². The predicted molar refractivity (Wildman–Crippen MR) is 71.3 cm³/mol. The highest BCUT2D eigenvalue weighted by atomic mass is 16.5. The summed E-state index contributed by atoms with van der Waals surface area (Å²) in [6.07, 6.45) is 3.50. The number of carbonyl (C=O) groups is 2. The molecule has 2 rings (SSSR count). The van der Waals surface area contributed by atoms with E-state index in [1.165, 1.54) is 7.11 Å². The Morgan fingerprint density at radius 2 is 1.70 bits per heavy atom. The molecule has 0 aliphatic carbocycles. The van der Waals surface area contributed by atoms with Crippen molar-refractivity contribution < 1.29 is 14.3 Å². The van der Waals surface area contributed by atoms with Gasteiger partial charge >= 0.3 is 6.09 Å². The molecule has 1 aliphatic rings. The van der Waals surface area contributed by atoms with Crippen LogP contribution in [0, 0.1) is 0 Å². The van der Waals surface area contributed by atoms with Crippen molar-refractivity contribution in [2.75, 3.05) is 33.3 Å². The second-order valence-corrected chi connectivity index (χ2v) is 4.49. The molecule has 0 bridgehead atoms. The summed E-state index contributed by atoms with van der Waals surface area (Å²) >= 11 is 0. The number of carbonyl (C=O) groups excluding carboxylic acids is 2. The number of rotatable bonds is 2. The SMILES string of the molecule is CCc1ncc(C(=O)N2CCN(C(=O)OC)CC2)cn1. The Labute approximate surface area is 117 Å². The van der Waals surface area contributed by atoms with Crippen molar-refractivity contribution in [3.05, 3.63) is 23.8 Å². The molecule has 0 atom stereocenters. The highest BCUT2D eigenvalue weighted by molar-refractivity contribution is 5.93. The number of methoxy groups -OCH3 is 1. The first-order chi connectivity index (χ1) is 9.65. The lowest BCUT2D eigenvalue weighted by Crippen LogP contribution is -2.50. The number of ether oxygens (including phenoxy) is 1. The number of aryl methyl sites for hydroxylation is 1. The van der Waals surface area contributed by atoms with Gasteiger partial charge in [-0.05, 0) is 0 Å². The maximum Gasteiger partial charge on any atom is 0.409 e. The minimum absolute atomic E-state index is 0.0998. The van der Waals surface area contributed by atoms with Crippen LogP contribution in [0.2, 0.25) is 0 Å². The molecule has 1 aromatic rings. The van der Waals surface area contributed by atoms with Crippen molar-refractivity contribution in [1.29, 1.82) is 0 Å². The average molecular weight is 278 g/mol. The second kappa shape index (κ2) is 6.31. The summed E-state index contributed by atoms with van der Waals surface area (Å²) in [6, 6.07) is 0. The summed E-state index contributed by atoms with van der Waals surface area (Å²) in [7, 11) is 1.35. The molecule has 108 valence electrons. The molecule has 0 spiro atoms. The predicted octanol–water partition coefficient (Wildman–Crippen LogP) is 0.563. The molecule has 20 heavy (non-hydrogen) atoms. The van der Waals surface area contributed by atoms with Crippen LogP contribution in [0.15, 0.2) is 12.4 Å². The molecule has 1 aliphatic heterocycles. The van der Waals surface area contributed by atoms with Gasteiger partial charge in [-0.15, -0.1) is 0 Å². The molecular weight excluding hydrogens is 260 g/mol. The zero-order valence-corrected chi connectivity index (χ0v) is 11.7. The highest BCUT2D eigenvalue weighted by Crippen LogP contribution is 2.08. The molecular formula is C13H18N4O3. The van der Waals surface area contributed by atoms with Gasteiger partial charge < -0.3 is 14.5 Å². The van der Waals surface area contributed by atoms with Crippen molar-refractivity contribution in [3.63, 3.8) is 0 Å². The Hall–Kier alpha value is -2.18. The summed E-state index contributed by atoms with van der Waals surface area (Å²) in [5.41, 5.74) is 0.480. The van der Waals surface area contributed by atoms with Crippen LogP contribution in [0.4, 0.5) is 4.79 Å². The van der Waals surface area contributed by atoms with Gasteiger partial charge in [0.25, 0.3) is 5.91 Å². The van der Waals surface area contributed by atoms with Crippen molar-refractivity contribution in [2.45, 2.75) is 13.3 Å². The van der Waals surface area contributed by atoms with E-state index in [4.69, 9.17) is 0 Å². The lowest BCUT2D eigenvalue weighted by atomic mass is 10.2. The maximum absolute atomic E-state index is 12.3. The third-order valence-corrected chi connectivity index (χ3v) is 3.27. The van der Waals surface area contributed by atoms with E-state index >= 15 is 0 Å². The van der Waals surface area contributed by atoms with E-state index in [0.29, 0.717) is 31.7 Å². The number of aromatic nitrogens is 2. The van der Waals surface area contributed by atoms with Gasteiger partial charge in [-0.1, -0.05) is 6.92 Å². The van der Waals surface area contributed by atoms with Crippen LogP contribution >= 0.6 is 0 Å². The fraction of sp³-hybridized carbons (Fsp3) is 0.538. The van der Waals surface area contributed by atoms with E-state index in [9.17, 15) is 9.59 Å². The van der Waals surface area contributed by atoms with Crippen molar-refractivity contribution >= 4 is 12.0 Å². The minimum Gasteiger partial charge on any atom is -0.453 e. The lowest BCUT2D eigenvalue weighted by Gasteiger charge is -2.33. The van der Waals surface area contributed by atoms with Crippen LogP contribution in [0.25, 0.3) is 0 Å². The fourth-order valence-corrected chi connectivity index (χ4v) is 2.05. The fourth-order valence-electron chi connectivity index (χ4n) is 2.05. The largest absolute Gasteiger partial charge is 0.453 e. The van der Waals surface area contributed by atoms with Crippen LogP contribution in [-0.2, 0) is 11.2 Å². The summed E-state index contributed by atoms with van der Waals surface area (Å²) < 4.78 is 4.66. The van der Waals surface area contributed by atoms with Crippen LogP contribution in [0.5, 0.6) is 0 Å². The van der Waals surface area contributed by atoms with Gasteiger partial charge in [0.05, 0.1) is 12.7 Å². The van der Waals surface area contributed by atoms with Crippen LogP contribution in [0.1, 0.15) is 23.1 Å². The van der Waals surface area contributed by atoms with Gasteiger partial charge in [0.2, 0.25) is 0 Å². The molecule has 2 amide bonds. The Morgan fingerprint density at radius 1 is 1.15 bits per heavy atom.